The predicted octanol–water partition coefficient (Wildman–Crippen LogP) is 1.99. The van der Waals surface area contributed by atoms with Gasteiger partial charge in [-0.15, -0.1) is 0 Å². The summed E-state index contributed by atoms with van der Waals surface area (Å²) in [6.45, 7) is 0.763. The number of fused-ring (bicyclic) bond motifs is 1. The zero-order chi connectivity index (χ0) is 24.1. The number of ether oxygens (including phenoxy) is 1. The van der Waals surface area contributed by atoms with Crippen molar-refractivity contribution in [3.63, 3.8) is 0 Å². The molecule has 0 saturated heterocycles. The lowest BCUT2D eigenvalue weighted by molar-refractivity contribution is -0.128. The molecule has 2 heterocycles. The van der Waals surface area contributed by atoms with Crippen LogP contribution in [0, 0.1) is 6.92 Å². The van der Waals surface area contributed by atoms with Crippen LogP contribution in [0.5, 0.6) is 5.75 Å². The number of amides is 2. The van der Waals surface area contributed by atoms with Gasteiger partial charge in [-0.2, -0.15) is 5.10 Å². The van der Waals surface area contributed by atoms with E-state index in [1.54, 1.807) is 25.1 Å². The quantitative estimate of drug-likeness (QED) is 0.293. The van der Waals surface area contributed by atoms with E-state index in [0.717, 1.165) is 16.5 Å². The van der Waals surface area contributed by atoms with Gasteiger partial charge in [-0.1, -0.05) is 30.3 Å². The summed E-state index contributed by atoms with van der Waals surface area (Å²) in [5.74, 6) is -0.691. The standard InChI is InChI=1S/C24H22N4O6/c1-14-9-23(31)34-20-10-16(7-8-17(14)20)33-13-22(30)25-19(12-29)24(32)26-21-11-18(27-28-21)15-5-3-2-4-6-15/h2-11,19,29H,12-13H2,1H3,(H,25,30)(H2,26,27,28,32). The first kappa shape index (κ1) is 22.7. The van der Waals surface area contributed by atoms with E-state index in [-0.39, 0.29) is 5.82 Å². The monoisotopic (exact) mass is 462 g/mol. The highest BCUT2D eigenvalue weighted by molar-refractivity contribution is 5.97. The SMILES string of the molecule is Cc1cc(=O)oc2cc(OCC(=O)NC(CO)C(=O)Nc3cc(-c4ccccc4)[nH]n3)ccc12. The summed E-state index contributed by atoms with van der Waals surface area (Å²) in [7, 11) is 0. The highest BCUT2D eigenvalue weighted by Gasteiger charge is 2.21. The number of benzene rings is 2. The molecule has 0 aliphatic rings. The molecule has 4 N–H and O–H groups in total. The van der Waals surface area contributed by atoms with Crippen LogP contribution in [-0.4, -0.2) is 46.4 Å². The lowest BCUT2D eigenvalue weighted by Gasteiger charge is -2.15. The molecule has 2 amide bonds. The summed E-state index contributed by atoms with van der Waals surface area (Å²) < 4.78 is 10.6. The van der Waals surface area contributed by atoms with Gasteiger partial charge in [0.15, 0.2) is 12.4 Å². The van der Waals surface area contributed by atoms with Crippen molar-refractivity contribution < 1.29 is 23.8 Å². The molecule has 0 fully saturated rings. The van der Waals surface area contributed by atoms with Crippen LogP contribution in [0.15, 0.2) is 69.9 Å². The van der Waals surface area contributed by atoms with Crippen LogP contribution >= 0.6 is 0 Å². The van der Waals surface area contributed by atoms with Crippen LogP contribution < -0.4 is 21.0 Å². The van der Waals surface area contributed by atoms with Crippen LogP contribution in [0.1, 0.15) is 5.56 Å². The maximum atomic E-state index is 12.5. The number of hydrogen-bond donors (Lipinski definition) is 4. The van der Waals surface area contributed by atoms with Gasteiger partial charge in [0.25, 0.3) is 11.8 Å². The van der Waals surface area contributed by atoms with Gasteiger partial charge in [-0.25, -0.2) is 4.79 Å². The van der Waals surface area contributed by atoms with Crippen LogP contribution in [0.3, 0.4) is 0 Å². The Hall–Kier alpha value is -4.44. The Labute approximate surface area is 193 Å². The number of aliphatic hydroxyl groups is 1. The molecule has 4 rings (SSSR count). The average molecular weight is 462 g/mol. The van der Waals surface area contributed by atoms with E-state index in [0.29, 0.717) is 17.0 Å². The first-order valence-electron chi connectivity index (χ1n) is 10.4. The highest BCUT2D eigenvalue weighted by atomic mass is 16.5. The Morgan fingerprint density at radius 3 is 2.71 bits per heavy atom. The smallest absolute Gasteiger partial charge is 0.336 e. The molecule has 0 radical (unpaired) electrons. The summed E-state index contributed by atoms with van der Waals surface area (Å²) in [4.78, 5) is 36.3. The van der Waals surface area contributed by atoms with E-state index < -0.39 is 36.7 Å². The van der Waals surface area contributed by atoms with Crippen molar-refractivity contribution in [1.82, 2.24) is 15.5 Å². The molecule has 34 heavy (non-hydrogen) atoms. The lowest BCUT2D eigenvalue weighted by atomic mass is 10.1. The number of aryl methyl sites for hydroxylation is 1. The fourth-order valence-electron chi connectivity index (χ4n) is 3.34. The van der Waals surface area contributed by atoms with Crippen molar-refractivity contribution in [1.29, 1.82) is 0 Å². The minimum atomic E-state index is -1.20. The van der Waals surface area contributed by atoms with Crippen molar-refractivity contribution in [3.05, 3.63) is 76.6 Å². The Kier molecular flexibility index (Phi) is 6.69. The fraction of sp³-hybridized carbons (Fsp3) is 0.167. The van der Waals surface area contributed by atoms with Crippen LogP contribution in [0.25, 0.3) is 22.2 Å². The summed E-state index contributed by atoms with van der Waals surface area (Å²) >= 11 is 0. The second-order valence-corrected chi connectivity index (χ2v) is 7.52. The van der Waals surface area contributed by atoms with Gasteiger partial charge in [-0.3, -0.25) is 14.7 Å². The van der Waals surface area contributed by atoms with Gasteiger partial charge >= 0.3 is 5.63 Å². The first-order chi connectivity index (χ1) is 16.4. The lowest BCUT2D eigenvalue weighted by Crippen LogP contribution is -2.47. The first-order valence-corrected chi connectivity index (χ1v) is 10.4. The van der Waals surface area contributed by atoms with Gasteiger partial charge in [0, 0.05) is 23.6 Å². The van der Waals surface area contributed by atoms with Gasteiger partial charge < -0.3 is 24.9 Å². The van der Waals surface area contributed by atoms with Crippen molar-refractivity contribution in [2.75, 3.05) is 18.5 Å². The third-order valence-electron chi connectivity index (χ3n) is 5.04. The number of carbonyl (C=O) groups is 2. The van der Waals surface area contributed by atoms with Crippen LogP contribution in [0.2, 0.25) is 0 Å². The minimum Gasteiger partial charge on any atom is -0.484 e. The maximum absolute atomic E-state index is 12.5. The molecule has 1 atom stereocenters. The van der Waals surface area contributed by atoms with Crippen molar-refractivity contribution in [2.45, 2.75) is 13.0 Å². The second-order valence-electron chi connectivity index (χ2n) is 7.52. The van der Waals surface area contributed by atoms with E-state index in [1.807, 2.05) is 30.3 Å². The normalized spacial score (nSPS) is 11.7. The third-order valence-corrected chi connectivity index (χ3v) is 5.04. The molecule has 0 aliphatic heterocycles. The van der Waals surface area contributed by atoms with Crippen molar-refractivity contribution in [2.24, 2.45) is 0 Å². The molecule has 10 nitrogen and oxygen atoms in total. The highest BCUT2D eigenvalue weighted by Crippen LogP contribution is 2.22. The van der Waals surface area contributed by atoms with Gasteiger partial charge in [0.2, 0.25) is 0 Å². The maximum Gasteiger partial charge on any atom is 0.336 e. The van der Waals surface area contributed by atoms with Gasteiger partial charge in [0.05, 0.1) is 12.3 Å². The Morgan fingerprint density at radius 1 is 1.15 bits per heavy atom. The number of hydrogen-bond acceptors (Lipinski definition) is 7. The molecular formula is C24H22N4O6. The molecule has 4 aromatic rings. The van der Waals surface area contributed by atoms with Crippen molar-refractivity contribution in [3.8, 4) is 17.0 Å². The van der Waals surface area contributed by atoms with E-state index in [9.17, 15) is 19.5 Å². The summed E-state index contributed by atoms with van der Waals surface area (Å²) in [5.41, 5.74) is 2.21. The number of anilines is 1. The molecule has 2 aromatic carbocycles. The number of rotatable bonds is 8. The molecule has 174 valence electrons. The average Bonchev–Trinajstić information content (AvgIpc) is 3.29. The number of aliphatic hydroxyl groups excluding tert-OH is 1. The zero-order valence-electron chi connectivity index (χ0n) is 18.2. The molecule has 0 bridgehead atoms. The number of nitrogens with one attached hydrogen (secondary N) is 3. The predicted molar refractivity (Wildman–Crippen MR) is 124 cm³/mol. The number of carbonyl (C=O) groups excluding carboxylic acids is 2. The Bertz CT molecular complexity index is 1380. The minimum absolute atomic E-state index is 0.251. The summed E-state index contributed by atoms with van der Waals surface area (Å²) in [6, 6.07) is 16.1. The van der Waals surface area contributed by atoms with Crippen LogP contribution in [0.4, 0.5) is 5.82 Å². The third kappa shape index (κ3) is 5.30. The summed E-state index contributed by atoms with van der Waals surface area (Å²) in [6.07, 6.45) is 0. The number of aromatic nitrogens is 2. The molecular weight excluding hydrogens is 440 g/mol. The number of aromatic amines is 1. The molecule has 2 aromatic heterocycles. The van der Waals surface area contributed by atoms with Crippen molar-refractivity contribution >= 4 is 28.6 Å². The number of nitrogens with zero attached hydrogens (tertiary/aromatic N) is 1. The zero-order valence-corrected chi connectivity index (χ0v) is 18.2. The molecule has 0 saturated carbocycles. The van der Waals surface area contributed by atoms with Crippen LogP contribution in [-0.2, 0) is 9.59 Å². The Balaban J connectivity index is 1.33. The summed E-state index contributed by atoms with van der Waals surface area (Å²) in [5, 5.41) is 22.2. The topological polar surface area (TPSA) is 147 Å². The second kappa shape index (κ2) is 10.0. The molecule has 0 aliphatic carbocycles. The largest absolute Gasteiger partial charge is 0.484 e. The Morgan fingerprint density at radius 2 is 1.94 bits per heavy atom. The van der Waals surface area contributed by atoms with E-state index in [2.05, 4.69) is 20.8 Å². The molecule has 1 unspecified atom stereocenters. The molecule has 10 heteroatoms. The fourth-order valence-corrected chi connectivity index (χ4v) is 3.34. The van der Waals surface area contributed by atoms with Gasteiger partial charge in [-0.05, 0) is 30.2 Å². The van der Waals surface area contributed by atoms with E-state index in [4.69, 9.17) is 9.15 Å². The van der Waals surface area contributed by atoms with E-state index in [1.165, 1.54) is 12.1 Å². The van der Waals surface area contributed by atoms with Gasteiger partial charge in [0.1, 0.15) is 17.4 Å². The van der Waals surface area contributed by atoms with E-state index >= 15 is 0 Å². The number of H-pyrrole nitrogens is 1. The molecule has 0 spiro atoms.